The van der Waals surface area contributed by atoms with Crippen molar-refractivity contribution in [2.45, 2.75) is 50.6 Å². The first-order valence-electron chi connectivity index (χ1n) is 8.53. The van der Waals surface area contributed by atoms with Crippen molar-refractivity contribution >= 4 is 0 Å². The molecule has 2 N–H and O–H groups in total. The van der Waals surface area contributed by atoms with Gasteiger partial charge in [-0.25, -0.2) is 0 Å². The summed E-state index contributed by atoms with van der Waals surface area (Å²) in [5.41, 5.74) is 6.48. The van der Waals surface area contributed by atoms with Gasteiger partial charge in [-0.05, 0) is 56.4 Å². The molecule has 0 amide bonds. The maximum absolute atomic E-state index is 6.48. The molecule has 2 bridgehead atoms. The van der Waals surface area contributed by atoms with E-state index in [0.717, 1.165) is 23.8 Å². The molecule has 108 valence electrons. The monoisotopic (exact) mass is 263 g/mol. The van der Waals surface area contributed by atoms with Crippen LogP contribution in [0.2, 0.25) is 0 Å². The minimum atomic E-state index is 0.517. The van der Waals surface area contributed by atoms with Crippen LogP contribution in [0.25, 0.3) is 0 Å². The molecule has 0 aromatic heterocycles. The highest BCUT2D eigenvalue weighted by atomic mass is 15.3. The molecule has 19 heavy (non-hydrogen) atoms. The van der Waals surface area contributed by atoms with Crippen molar-refractivity contribution in [3.63, 3.8) is 0 Å². The Bertz CT molecular complexity index is 330. The lowest BCUT2D eigenvalue weighted by Gasteiger charge is -2.45. The molecule has 0 radical (unpaired) electrons. The lowest BCUT2D eigenvalue weighted by atomic mass is 9.84. The van der Waals surface area contributed by atoms with Gasteiger partial charge < -0.3 is 10.6 Å². The summed E-state index contributed by atoms with van der Waals surface area (Å²) in [5.74, 6) is 2.64. The molecule has 2 aliphatic heterocycles. The Morgan fingerprint density at radius 3 is 2.68 bits per heavy atom. The van der Waals surface area contributed by atoms with Gasteiger partial charge in [0.1, 0.15) is 0 Å². The number of piperidine rings is 1. The standard InChI is InChI=1S/C16H29N3/c17-16-13-5-4-12(9-13)15(16)11-18-7-8-19-6-2-1-3-14(19)10-18/h12-16H,1-11,17H2. The van der Waals surface area contributed by atoms with Crippen LogP contribution in [0.3, 0.4) is 0 Å². The Balaban J connectivity index is 1.36. The van der Waals surface area contributed by atoms with E-state index in [1.54, 1.807) is 0 Å². The van der Waals surface area contributed by atoms with E-state index in [1.807, 2.05) is 0 Å². The van der Waals surface area contributed by atoms with Crippen molar-refractivity contribution < 1.29 is 0 Å². The summed E-state index contributed by atoms with van der Waals surface area (Å²) >= 11 is 0. The van der Waals surface area contributed by atoms with Crippen molar-refractivity contribution in [2.24, 2.45) is 23.5 Å². The van der Waals surface area contributed by atoms with Crippen molar-refractivity contribution in [1.82, 2.24) is 9.80 Å². The highest BCUT2D eigenvalue weighted by molar-refractivity contribution is 5.00. The minimum Gasteiger partial charge on any atom is -0.327 e. The fourth-order valence-electron chi connectivity index (χ4n) is 5.41. The van der Waals surface area contributed by atoms with Gasteiger partial charge in [-0.3, -0.25) is 4.90 Å². The van der Waals surface area contributed by atoms with Gasteiger partial charge in [0, 0.05) is 38.3 Å². The zero-order chi connectivity index (χ0) is 12.8. The summed E-state index contributed by atoms with van der Waals surface area (Å²) in [7, 11) is 0. The molecule has 0 aromatic carbocycles. The highest BCUT2D eigenvalue weighted by Gasteiger charge is 2.46. The molecule has 4 fully saturated rings. The van der Waals surface area contributed by atoms with E-state index in [9.17, 15) is 0 Å². The Morgan fingerprint density at radius 2 is 1.84 bits per heavy atom. The van der Waals surface area contributed by atoms with Gasteiger partial charge in [0.15, 0.2) is 0 Å². The van der Waals surface area contributed by atoms with E-state index in [0.29, 0.717) is 6.04 Å². The van der Waals surface area contributed by atoms with Crippen LogP contribution in [0, 0.1) is 17.8 Å². The zero-order valence-electron chi connectivity index (χ0n) is 12.1. The second-order valence-corrected chi connectivity index (χ2v) is 7.52. The van der Waals surface area contributed by atoms with E-state index in [4.69, 9.17) is 5.73 Å². The van der Waals surface area contributed by atoms with E-state index < -0.39 is 0 Å². The lowest BCUT2D eigenvalue weighted by molar-refractivity contribution is 0.0348. The second-order valence-electron chi connectivity index (χ2n) is 7.52. The average molecular weight is 263 g/mol. The Labute approximate surface area is 117 Å². The van der Waals surface area contributed by atoms with Crippen LogP contribution in [-0.4, -0.2) is 54.6 Å². The largest absolute Gasteiger partial charge is 0.327 e. The number of fused-ring (bicyclic) bond motifs is 3. The first-order valence-corrected chi connectivity index (χ1v) is 8.53. The molecule has 5 unspecified atom stereocenters. The Morgan fingerprint density at radius 1 is 0.947 bits per heavy atom. The molecular formula is C16H29N3. The van der Waals surface area contributed by atoms with Crippen LogP contribution in [0.5, 0.6) is 0 Å². The maximum Gasteiger partial charge on any atom is 0.0223 e. The number of nitrogens with zero attached hydrogens (tertiary/aromatic N) is 2. The third-order valence-corrected chi connectivity index (χ3v) is 6.55. The van der Waals surface area contributed by atoms with Crippen LogP contribution in [0.15, 0.2) is 0 Å². The van der Waals surface area contributed by atoms with Gasteiger partial charge in [0.25, 0.3) is 0 Å². The van der Waals surface area contributed by atoms with Crippen molar-refractivity contribution in [3.05, 3.63) is 0 Å². The molecule has 2 saturated carbocycles. The Kier molecular flexibility index (Phi) is 3.33. The third-order valence-electron chi connectivity index (χ3n) is 6.55. The molecule has 2 saturated heterocycles. The van der Waals surface area contributed by atoms with Crippen LogP contribution < -0.4 is 5.73 Å². The fraction of sp³-hybridized carbons (Fsp3) is 1.00. The van der Waals surface area contributed by atoms with Crippen LogP contribution >= 0.6 is 0 Å². The molecular weight excluding hydrogens is 234 g/mol. The highest BCUT2D eigenvalue weighted by Crippen LogP contribution is 2.47. The number of hydrogen-bond donors (Lipinski definition) is 1. The molecule has 4 aliphatic rings. The Hall–Kier alpha value is -0.120. The normalized spacial score (nSPS) is 47.5. The molecule has 4 rings (SSSR count). The number of piperazine rings is 1. The predicted molar refractivity (Wildman–Crippen MR) is 77.9 cm³/mol. The summed E-state index contributed by atoms with van der Waals surface area (Å²) in [6.07, 6.45) is 8.62. The van der Waals surface area contributed by atoms with Crippen LogP contribution in [0.4, 0.5) is 0 Å². The molecule has 0 aromatic rings. The molecule has 3 heteroatoms. The molecule has 5 atom stereocenters. The first kappa shape index (κ1) is 12.6. The van der Waals surface area contributed by atoms with Crippen LogP contribution in [-0.2, 0) is 0 Å². The number of rotatable bonds is 2. The van der Waals surface area contributed by atoms with E-state index in [2.05, 4.69) is 9.80 Å². The van der Waals surface area contributed by atoms with Gasteiger partial charge in [0.2, 0.25) is 0 Å². The lowest BCUT2D eigenvalue weighted by Crippen LogP contribution is -2.56. The van der Waals surface area contributed by atoms with Crippen molar-refractivity contribution in [2.75, 3.05) is 32.7 Å². The molecule has 0 spiro atoms. The predicted octanol–water partition coefficient (Wildman–Crippen LogP) is 1.53. The summed E-state index contributed by atoms with van der Waals surface area (Å²) < 4.78 is 0. The number of hydrogen-bond acceptors (Lipinski definition) is 3. The zero-order valence-corrected chi connectivity index (χ0v) is 12.1. The molecule has 2 heterocycles. The summed E-state index contributed by atoms with van der Waals surface area (Å²) in [4.78, 5) is 5.48. The van der Waals surface area contributed by atoms with Crippen LogP contribution in [0.1, 0.15) is 38.5 Å². The molecule has 2 aliphatic carbocycles. The minimum absolute atomic E-state index is 0.517. The maximum atomic E-state index is 6.48. The summed E-state index contributed by atoms with van der Waals surface area (Å²) in [5, 5.41) is 0. The summed E-state index contributed by atoms with van der Waals surface area (Å²) in [6, 6.07) is 1.38. The third kappa shape index (κ3) is 2.24. The van der Waals surface area contributed by atoms with Gasteiger partial charge in [0.05, 0.1) is 0 Å². The van der Waals surface area contributed by atoms with Crippen molar-refractivity contribution in [1.29, 1.82) is 0 Å². The van der Waals surface area contributed by atoms with E-state index >= 15 is 0 Å². The van der Waals surface area contributed by atoms with Crippen molar-refractivity contribution in [3.8, 4) is 0 Å². The average Bonchev–Trinajstić information content (AvgIpc) is 3.02. The van der Waals surface area contributed by atoms with Gasteiger partial charge in [-0.1, -0.05) is 6.42 Å². The number of nitrogens with two attached hydrogens (primary N) is 1. The molecule has 3 nitrogen and oxygen atoms in total. The topological polar surface area (TPSA) is 32.5 Å². The second kappa shape index (κ2) is 5.01. The smallest absolute Gasteiger partial charge is 0.0223 e. The van der Waals surface area contributed by atoms with Gasteiger partial charge in [-0.2, -0.15) is 0 Å². The quantitative estimate of drug-likeness (QED) is 0.820. The van der Waals surface area contributed by atoms with Gasteiger partial charge in [-0.15, -0.1) is 0 Å². The fourth-order valence-corrected chi connectivity index (χ4v) is 5.41. The SMILES string of the molecule is NC1C2CCC(C2)C1CN1CCN2CCCCC2C1. The first-order chi connectivity index (χ1) is 9.31. The summed E-state index contributed by atoms with van der Waals surface area (Å²) in [6.45, 7) is 6.57. The van der Waals surface area contributed by atoms with E-state index in [-0.39, 0.29) is 0 Å². The van der Waals surface area contributed by atoms with E-state index in [1.165, 1.54) is 71.2 Å². The van der Waals surface area contributed by atoms with Gasteiger partial charge >= 0.3 is 0 Å².